The van der Waals surface area contributed by atoms with Crippen LogP contribution in [0, 0.1) is 5.92 Å². The zero-order valence-corrected chi connectivity index (χ0v) is 8.86. The minimum atomic E-state index is 0.808. The van der Waals surface area contributed by atoms with E-state index in [0.717, 1.165) is 10.9 Å². The lowest BCUT2D eigenvalue weighted by molar-refractivity contribution is 1.04. The van der Waals surface area contributed by atoms with Gasteiger partial charge in [0.1, 0.15) is 0 Å². The van der Waals surface area contributed by atoms with E-state index < -0.39 is 0 Å². The van der Waals surface area contributed by atoms with Gasteiger partial charge in [-0.3, -0.25) is 0 Å². The molecular weight excluding hydrogens is 180 g/mol. The molecule has 1 radical (unpaired) electrons. The molecule has 13 heavy (non-hydrogen) atoms. The second-order valence-electron chi connectivity index (χ2n) is 4.01. The SMILES string of the molecule is C[C](C)c1cc(Cl)ccc1C1CC1. The Hall–Kier alpha value is -0.490. The predicted octanol–water partition coefficient (Wildman–Crippen LogP) is 4.18. The third-order valence-electron chi connectivity index (χ3n) is 2.57. The molecule has 0 nitrogen and oxygen atoms in total. The monoisotopic (exact) mass is 193 g/mol. The Kier molecular flexibility index (Phi) is 2.33. The van der Waals surface area contributed by atoms with Gasteiger partial charge >= 0.3 is 0 Å². The zero-order valence-electron chi connectivity index (χ0n) is 8.10. The van der Waals surface area contributed by atoms with E-state index in [4.69, 9.17) is 11.6 Å². The Morgan fingerprint density at radius 2 is 2.00 bits per heavy atom. The largest absolute Gasteiger partial charge is 0.0843 e. The van der Waals surface area contributed by atoms with E-state index in [1.807, 2.05) is 6.07 Å². The van der Waals surface area contributed by atoms with Crippen LogP contribution in [0.15, 0.2) is 18.2 Å². The van der Waals surface area contributed by atoms with Gasteiger partial charge < -0.3 is 0 Å². The lowest BCUT2D eigenvalue weighted by Gasteiger charge is -2.11. The second kappa shape index (κ2) is 3.34. The number of benzene rings is 1. The number of halogens is 1. The zero-order chi connectivity index (χ0) is 9.42. The summed E-state index contributed by atoms with van der Waals surface area (Å²) in [5, 5.41) is 0.848. The first-order chi connectivity index (χ1) is 6.18. The smallest absolute Gasteiger partial charge is 0.0409 e. The summed E-state index contributed by atoms with van der Waals surface area (Å²) in [6.45, 7) is 4.30. The minimum absolute atomic E-state index is 0.808. The van der Waals surface area contributed by atoms with E-state index >= 15 is 0 Å². The van der Waals surface area contributed by atoms with Crippen molar-refractivity contribution in [2.24, 2.45) is 0 Å². The van der Waals surface area contributed by atoms with Crippen molar-refractivity contribution in [1.82, 2.24) is 0 Å². The van der Waals surface area contributed by atoms with Crippen LogP contribution in [0.3, 0.4) is 0 Å². The first kappa shape index (κ1) is 9.08. The molecule has 1 aromatic rings. The van der Waals surface area contributed by atoms with E-state index in [0.29, 0.717) is 0 Å². The topological polar surface area (TPSA) is 0 Å². The average molecular weight is 194 g/mol. The summed E-state index contributed by atoms with van der Waals surface area (Å²) < 4.78 is 0. The summed E-state index contributed by atoms with van der Waals surface area (Å²) >= 11 is 5.97. The molecule has 1 aromatic carbocycles. The number of rotatable bonds is 2. The van der Waals surface area contributed by atoms with Gasteiger partial charge in [0.25, 0.3) is 0 Å². The highest BCUT2D eigenvalue weighted by Crippen LogP contribution is 2.43. The van der Waals surface area contributed by atoms with Crippen LogP contribution in [0.4, 0.5) is 0 Å². The first-order valence-electron chi connectivity index (χ1n) is 4.78. The van der Waals surface area contributed by atoms with Gasteiger partial charge in [-0.05, 0) is 47.9 Å². The predicted molar refractivity (Wildman–Crippen MR) is 57.1 cm³/mol. The molecule has 2 rings (SSSR count). The lowest BCUT2D eigenvalue weighted by atomic mass is 9.94. The third-order valence-corrected chi connectivity index (χ3v) is 2.81. The Morgan fingerprint density at radius 3 is 2.54 bits per heavy atom. The third kappa shape index (κ3) is 1.88. The van der Waals surface area contributed by atoms with Crippen molar-refractivity contribution in [2.45, 2.75) is 32.6 Å². The summed E-state index contributed by atoms with van der Waals surface area (Å²) in [4.78, 5) is 0. The molecule has 1 saturated carbocycles. The van der Waals surface area contributed by atoms with Gasteiger partial charge in [0.05, 0.1) is 0 Å². The van der Waals surface area contributed by atoms with Crippen molar-refractivity contribution in [3.05, 3.63) is 40.3 Å². The second-order valence-corrected chi connectivity index (χ2v) is 4.44. The molecule has 0 unspecified atom stereocenters. The van der Waals surface area contributed by atoms with Gasteiger partial charge in [0.15, 0.2) is 0 Å². The van der Waals surface area contributed by atoms with E-state index in [1.165, 1.54) is 29.9 Å². The van der Waals surface area contributed by atoms with E-state index in [9.17, 15) is 0 Å². The van der Waals surface area contributed by atoms with E-state index in [2.05, 4.69) is 26.0 Å². The summed E-state index contributed by atoms with van der Waals surface area (Å²) in [6, 6.07) is 6.27. The highest BCUT2D eigenvalue weighted by atomic mass is 35.5. The Labute approximate surface area is 84.9 Å². The molecule has 0 N–H and O–H groups in total. The minimum Gasteiger partial charge on any atom is -0.0843 e. The molecule has 1 aliphatic carbocycles. The Morgan fingerprint density at radius 1 is 1.31 bits per heavy atom. The van der Waals surface area contributed by atoms with Crippen LogP contribution in [-0.2, 0) is 0 Å². The molecule has 1 heteroatoms. The normalized spacial score (nSPS) is 16.6. The van der Waals surface area contributed by atoms with Crippen molar-refractivity contribution < 1.29 is 0 Å². The first-order valence-corrected chi connectivity index (χ1v) is 5.16. The highest BCUT2D eigenvalue weighted by Gasteiger charge is 2.26. The molecule has 0 atom stereocenters. The molecule has 0 saturated heterocycles. The molecule has 0 aliphatic heterocycles. The maximum atomic E-state index is 5.97. The van der Waals surface area contributed by atoms with Crippen molar-refractivity contribution in [3.8, 4) is 0 Å². The maximum Gasteiger partial charge on any atom is 0.0409 e. The van der Waals surface area contributed by atoms with Crippen molar-refractivity contribution in [1.29, 1.82) is 0 Å². The van der Waals surface area contributed by atoms with Crippen LogP contribution in [0.5, 0.6) is 0 Å². The van der Waals surface area contributed by atoms with Gasteiger partial charge in [0.2, 0.25) is 0 Å². The van der Waals surface area contributed by atoms with Crippen molar-refractivity contribution >= 4 is 11.6 Å². The summed E-state index contributed by atoms with van der Waals surface area (Å²) in [6.07, 6.45) is 2.70. The molecule has 1 fully saturated rings. The molecule has 0 spiro atoms. The quantitative estimate of drug-likeness (QED) is 0.661. The van der Waals surface area contributed by atoms with Gasteiger partial charge in [-0.2, -0.15) is 0 Å². The van der Waals surface area contributed by atoms with Crippen LogP contribution >= 0.6 is 11.6 Å². The summed E-state index contributed by atoms with van der Waals surface area (Å²) in [5.74, 6) is 2.17. The van der Waals surface area contributed by atoms with Crippen molar-refractivity contribution in [2.75, 3.05) is 0 Å². The summed E-state index contributed by atoms with van der Waals surface area (Å²) in [7, 11) is 0. The average Bonchev–Trinajstić information content (AvgIpc) is 2.87. The lowest BCUT2D eigenvalue weighted by Crippen LogP contribution is -1.95. The molecule has 1 aliphatic rings. The Bertz CT molecular complexity index is 311. The van der Waals surface area contributed by atoms with Crippen LogP contribution in [0.1, 0.15) is 43.7 Å². The van der Waals surface area contributed by atoms with Gasteiger partial charge in [0, 0.05) is 5.02 Å². The molecule has 0 aromatic heterocycles. The van der Waals surface area contributed by atoms with E-state index in [1.54, 1.807) is 0 Å². The fraction of sp³-hybridized carbons (Fsp3) is 0.417. The fourth-order valence-electron chi connectivity index (χ4n) is 1.71. The van der Waals surface area contributed by atoms with Crippen molar-refractivity contribution in [3.63, 3.8) is 0 Å². The molecular formula is C12H14Cl. The fourth-order valence-corrected chi connectivity index (χ4v) is 1.88. The molecule has 0 amide bonds. The van der Waals surface area contributed by atoms with Crippen LogP contribution in [0.25, 0.3) is 0 Å². The number of hydrogen-bond donors (Lipinski definition) is 0. The standard InChI is InChI=1S/C12H14Cl/c1-8(2)12-7-10(13)5-6-11(12)9-3-4-9/h5-7,9H,3-4H2,1-2H3. The molecule has 0 bridgehead atoms. The van der Waals surface area contributed by atoms with Gasteiger partial charge in [-0.15, -0.1) is 0 Å². The van der Waals surface area contributed by atoms with Gasteiger partial charge in [-0.25, -0.2) is 0 Å². The van der Waals surface area contributed by atoms with Crippen LogP contribution < -0.4 is 0 Å². The van der Waals surface area contributed by atoms with Crippen LogP contribution in [0.2, 0.25) is 5.02 Å². The summed E-state index contributed by atoms with van der Waals surface area (Å²) in [5.41, 5.74) is 2.85. The molecule has 0 heterocycles. The number of hydrogen-bond acceptors (Lipinski definition) is 0. The Balaban J connectivity index is 2.41. The van der Waals surface area contributed by atoms with Crippen LogP contribution in [-0.4, -0.2) is 0 Å². The maximum absolute atomic E-state index is 5.97. The van der Waals surface area contributed by atoms with E-state index in [-0.39, 0.29) is 0 Å². The molecule has 69 valence electrons. The highest BCUT2D eigenvalue weighted by molar-refractivity contribution is 6.30. The van der Waals surface area contributed by atoms with Gasteiger partial charge in [-0.1, -0.05) is 31.5 Å².